The summed E-state index contributed by atoms with van der Waals surface area (Å²) in [4.78, 5) is 0. The third kappa shape index (κ3) is 3.53. The Bertz CT molecular complexity index is 599. The van der Waals surface area contributed by atoms with E-state index in [4.69, 9.17) is 23.2 Å². The summed E-state index contributed by atoms with van der Waals surface area (Å²) >= 11 is 15.7. The molecular weight excluding hydrogens is 364 g/mol. The molecular formula is C15H13BrCl2FN. The number of nitrogens with one attached hydrogen (secondary N) is 1. The van der Waals surface area contributed by atoms with Crippen LogP contribution in [-0.2, 0) is 6.42 Å². The monoisotopic (exact) mass is 375 g/mol. The fraction of sp³-hybridized carbons (Fsp3) is 0.200. The second-order valence-corrected chi connectivity index (χ2v) is 6.14. The van der Waals surface area contributed by atoms with Crippen LogP contribution in [0.5, 0.6) is 0 Å². The van der Waals surface area contributed by atoms with Gasteiger partial charge in [0.05, 0.1) is 0 Å². The van der Waals surface area contributed by atoms with Crippen molar-refractivity contribution in [2.75, 3.05) is 7.05 Å². The molecule has 0 radical (unpaired) electrons. The van der Waals surface area contributed by atoms with Crippen LogP contribution in [0, 0.1) is 5.82 Å². The molecule has 2 rings (SSSR count). The average Bonchev–Trinajstić information content (AvgIpc) is 2.42. The van der Waals surface area contributed by atoms with Gasteiger partial charge >= 0.3 is 0 Å². The van der Waals surface area contributed by atoms with Crippen molar-refractivity contribution in [2.24, 2.45) is 0 Å². The third-order valence-corrected chi connectivity index (χ3v) is 4.34. The molecule has 1 unspecified atom stereocenters. The van der Waals surface area contributed by atoms with Crippen LogP contribution in [-0.4, -0.2) is 7.05 Å². The average molecular weight is 377 g/mol. The zero-order valence-electron chi connectivity index (χ0n) is 10.8. The van der Waals surface area contributed by atoms with Gasteiger partial charge in [0.1, 0.15) is 5.82 Å². The first-order chi connectivity index (χ1) is 9.52. The predicted octanol–water partition coefficient (Wildman–Crippen LogP) is 5.40. The van der Waals surface area contributed by atoms with Crippen molar-refractivity contribution in [2.45, 2.75) is 12.5 Å². The maximum Gasteiger partial charge on any atom is 0.127 e. The zero-order valence-corrected chi connectivity index (χ0v) is 13.9. The van der Waals surface area contributed by atoms with E-state index >= 15 is 0 Å². The van der Waals surface area contributed by atoms with Crippen LogP contribution in [0.15, 0.2) is 40.9 Å². The van der Waals surface area contributed by atoms with Gasteiger partial charge in [-0.1, -0.05) is 45.2 Å². The van der Waals surface area contributed by atoms with E-state index in [-0.39, 0.29) is 11.9 Å². The minimum atomic E-state index is -0.302. The molecule has 1 atom stereocenters. The van der Waals surface area contributed by atoms with E-state index in [1.165, 1.54) is 6.07 Å². The molecule has 0 fully saturated rings. The molecule has 2 aromatic rings. The van der Waals surface area contributed by atoms with Crippen molar-refractivity contribution in [1.29, 1.82) is 0 Å². The molecule has 0 aliphatic carbocycles. The first-order valence-electron chi connectivity index (χ1n) is 6.08. The number of benzene rings is 2. The molecule has 5 heteroatoms. The summed E-state index contributed by atoms with van der Waals surface area (Å²) in [5.74, 6) is -0.302. The lowest BCUT2D eigenvalue weighted by molar-refractivity contribution is 0.554. The van der Waals surface area contributed by atoms with Gasteiger partial charge in [0.2, 0.25) is 0 Å². The summed E-state index contributed by atoms with van der Waals surface area (Å²) in [5.41, 5.74) is 1.40. The maximum absolute atomic E-state index is 13.9. The summed E-state index contributed by atoms with van der Waals surface area (Å²) in [7, 11) is 1.82. The number of hydrogen-bond acceptors (Lipinski definition) is 1. The molecule has 0 aliphatic rings. The maximum atomic E-state index is 13.9. The topological polar surface area (TPSA) is 12.0 Å². The summed E-state index contributed by atoms with van der Waals surface area (Å²) in [6.07, 6.45) is 0.429. The summed E-state index contributed by atoms with van der Waals surface area (Å²) in [6, 6.07) is 10.2. The lowest BCUT2D eigenvalue weighted by Gasteiger charge is -2.19. The Morgan fingerprint density at radius 2 is 1.95 bits per heavy atom. The number of rotatable bonds is 4. The molecule has 0 aromatic heterocycles. The Balaban J connectivity index is 2.36. The molecule has 0 amide bonds. The third-order valence-electron chi connectivity index (χ3n) is 3.15. The Labute approximate surface area is 136 Å². The van der Waals surface area contributed by atoms with Gasteiger partial charge in [0, 0.05) is 26.1 Å². The van der Waals surface area contributed by atoms with E-state index in [1.54, 1.807) is 12.1 Å². The normalized spacial score (nSPS) is 12.4. The van der Waals surface area contributed by atoms with Crippen molar-refractivity contribution in [3.05, 3.63) is 67.9 Å². The lowest BCUT2D eigenvalue weighted by atomic mass is 9.98. The predicted molar refractivity (Wildman–Crippen MR) is 86.1 cm³/mol. The standard InChI is InChI=1S/C15H13BrCl2FN/c1-20-15(11-7-9(16)5-6-13(11)18)8-10-12(17)3-2-4-14(10)19/h2-7,15,20H,8H2,1H3. The SMILES string of the molecule is CNC(Cc1c(F)cccc1Cl)c1cc(Br)ccc1Cl. The van der Waals surface area contributed by atoms with Crippen molar-refractivity contribution in [3.63, 3.8) is 0 Å². The van der Waals surface area contributed by atoms with E-state index < -0.39 is 0 Å². The second-order valence-electron chi connectivity index (χ2n) is 4.41. The van der Waals surface area contributed by atoms with Crippen LogP contribution in [0.4, 0.5) is 4.39 Å². The van der Waals surface area contributed by atoms with Gasteiger partial charge in [0.15, 0.2) is 0 Å². The van der Waals surface area contributed by atoms with Gasteiger partial charge in [0.25, 0.3) is 0 Å². The highest BCUT2D eigenvalue weighted by Gasteiger charge is 2.17. The van der Waals surface area contributed by atoms with Gasteiger partial charge in [-0.25, -0.2) is 4.39 Å². The van der Waals surface area contributed by atoms with Crippen LogP contribution < -0.4 is 5.32 Å². The summed E-state index contributed by atoms with van der Waals surface area (Å²) < 4.78 is 14.8. The lowest BCUT2D eigenvalue weighted by Crippen LogP contribution is -2.20. The highest BCUT2D eigenvalue weighted by Crippen LogP contribution is 2.31. The van der Waals surface area contributed by atoms with Crippen LogP contribution in [0.2, 0.25) is 10.0 Å². The smallest absolute Gasteiger partial charge is 0.127 e. The van der Waals surface area contributed by atoms with Crippen molar-refractivity contribution < 1.29 is 4.39 Å². The first kappa shape index (κ1) is 15.8. The van der Waals surface area contributed by atoms with Gasteiger partial charge in [-0.3, -0.25) is 0 Å². The van der Waals surface area contributed by atoms with Crippen LogP contribution in [0.1, 0.15) is 17.2 Å². The molecule has 1 N–H and O–H groups in total. The molecule has 20 heavy (non-hydrogen) atoms. The molecule has 0 spiro atoms. The summed E-state index contributed by atoms with van der Waals surface area (Å²) in [5, 5.41) is 4.22. The van der Waals surface area contributed by atoms with E-state index in [1.807, 2.05) is 25.2 Å². The molecule has 1 nitrogen and oxygen atoms in total. The Hall–Kier alpha value is -0.610. The fourth-order valence-electron chi connectivity index (χ4n) is 2.08. The van der Waals surface area contributed by atoms with Crippen LogP contribution in [0.25, 0.3) is 0 Å². The molecule has 0 saturated heterocycles. The highest BCUT2D eigenvalue weighted by atomic mass is 79.9. The van der Waals surface area contributed by atoms with E-state index in [9.17, 15) is 4.39 Å². The zero-order chi connectivity index (χ0) is 14.7. The molecule has 0 heterocycles. The van der Waals surface area contributed by atoms with E-state index in [0.29, 0.717) is 22.0 Å². The largest absolute Gasteiger partial charge is 0.313 e. The number of hydrogen-bond donors (Lipinski definition) is 1. The van der Waals surface area contributed by atoms with E-state index in [0.717, 1.165) is 10.0 Å². The van der Waals surface area contributed by atoms with Gasteiger partial charge in [-0.15, -0.1) is 0 Å². The molecule has 0 aliphatic heterocycles. The van der Waals surface area contributed by atoms with Crippen LogP contribution in [0.3, 0.4) is 0 Å². The van der Waals surface area contributed by atoms with Gasteiger partial charge < -0.3 is 5.32 Å². The minimum absolute atomic E-state index is 0.116. The van der Waals surface area contributed by atoms with Gasteiger partial charge in [-0.2, -0.15) is 0 Å². The van der Waals surface area contributed by atoms with Crippen molar-refractivity contribution >= 4 is 39.1 Å². The van der Waals surface area contributed by atoms with Crippen molar-refractivity contribution in [3.8, 4) is 0 Å². The summed E-state index contributed by atoms with van der Waals surface area (Å²) in [6.45, 7) is 0. The van der Waals surface area contributed by atoms with E-state index in [2.05, 4.69) is 21.2 Å². The molecule has 0 saturated carbocycles. The first-order valence-corrected chi connectivity index (χ1v) is 7.63. The second kappa shape index (κ2) is 6.90. The highest BCUT2D eigenvalue weighted by molar-refractivity contribution is 9.10. The van der Waals surface area contributed by atoms with Crippen LogP contribution >= 0.6 is 39.1 Å². The Morgan fingerprint density at radius 1 is 1.20 bits per heavy atom. The Morgan fingerprint density at radius 3 is 2.60 bits per heavy atom. The number of likely N-dealkylation sites (N-methyl/N-ethyl adjacent to an activating group) is 1. The fourth-order valence-corrected chi connectivity index (χ4v) is 2.95. The number of halogens is 4. The molecule has 2 aromatic carbocycles. The van der Waals surface area contributed by atoms with Crippen molar-refractivity contribution in [1.82, 2.24) is 5.32 Å². The molecule has 0 bridgehead atoms. The molecule has 106 valence electrons. The minimum Gasteiger partial charge on any atom is -0.313 e. The van der Waals surface area contributed by atoms with Gasteiger partial charge in [-0.05, 0) is 49.4 Å². The quantitative estimate of drug-likeness (QED) is 0.753. The Kier molecular flexibility index (Phi) is 5.44.